The van der Waals surface area contributed by atoms with Crippen molar-refractivity contribution in [1.82, 2.24) is 4.72 Å². The predicted molar refractivity (Wildman–Crippen MR) is 83.3 cm³/mol. The lowest BCUT2D eigenvalue weighted by Crippen LogP contribution is -2.43. The Labute approximate surface area is 134 Å². The smallest absolute Gasteiger partial charge is 0.268 e. The molecule has 0 fully saturated rings. The highest BCUT2D eigenvalue weighted by atomic mass is 35.5. The Morgan fingerprint density at radius 3 is 1.81 bits per heavy atom. The van der Waals surface area contributed by atoms with E-state index in [1.165, 1.54) is 0 Å². The second-order valence-corrected chi connectivity index (χ2v) is 9.06. The fraction of sp³-hybridized carbons (Fsp3) is 0.400. The number of anilines is 1. The summed E-state index contributed by atoms with van der Waals surface area (Å²) < 4.78 is 50.8. The molecule has 0 heterocycles. The van der Waals surface area contributed by atoms with Gasteiger partial charge < -0.3 is 0 Å². The molecule has 7 nitrogen and oxygen atoms in total. The summed E-state index contributed by atoms with van der Waals surface area (Å²) >= 11 is 11.7. The maximum Gasteiger partial charge on any atom is 0.299 e. The maximum atomic E-state index is 11.9. The molecule has 0 bridgehead atoms. The Balaban J connectivity index is 3.23. The number of sulfonamides is 1. The standard InChI is InChI=1S/C10H15Cl2N3O4S2/c1-10(2,3)15-21(18,19)14-9-7(11)4-6(5-8(9)12)20(13,16)17/h4-5,14-15H,1-3H3,(H2,13,16,17). The lowest BCUT2D eigenvalue weighted by molar-refractivity contribution is 0.494. The number of nitrogens with two attached hydrogens (primary N) is 1. The Bertz CT molecular complexity index is 732. The monoisotopic (exact) mass is 375 g/mol. The Morgan fingerprint density at radius 1 is 1.05 bits per heavy atom. The topological polar surface area (TPSA) is 118 Å². The van der Waals surface area contributed by atoms with Crippen LogP contribution in [0.3, 0.4) is 0 Å². The van der Waals surface area contributed by atoms with Crippen molar-refractivity contribution >= 4 is 49.1 Å². The summed E-state index contributed by atoms with van der Waals surface area (Å²) in [5, 5.41) is 4.58. The van der Waals surface area contributed by atoms with Gasteiger partial charge in [-0.1, -0.05) is 23.2 Å². The first-order valence-electron chi connectivity index (χ1n) is 5.55. The number of hydrogen-bond donors (Lipinski definition) is 3. The highest BCUT2D eigenvalue weighted by Gasteiger charge is 2.23. The van der Waals surface area contributed by atoms with E-state index in [2.05, 4.69) is 9.44 Å². The quantitative estimate of drug-likeness (QED) is 0.741. The summed E-state index contributed by atoms with van der Waals surface area (Å²) in [6, 6.07) is 2.02. The SMILES string of the molecule is CC(C)(C)NS(=O)(=O)Nc1c(Cl)cc(S(N)(=O)=O)cc1Cl. The van der Waals surface area contributed by atoms with Gasteiger partial charge in [0.25, 0.3) is 10.2 Å². The average Bonchev–Trinajstić information content (AvgIpc) is 2.18. The molecule has 1 aromatic rings. The van der Waals surface area contributed by atoms with Crippen molar-refractivity contribution in [1.29, 1.82) is 0 Å². The normalized spacial score (nSPS) is 13.2. The number of primary sulfonamides is 1. The van der Waals surface area contributed by atoms with E-state index in [9.17, 15) is 16.8 Å². The zero-order chi connectivity index (χ0) is 16.6. The molecule has 11 heteroatoms. The Morgan fingerprint density at radius 2 is 1.48 bits per heavy atom. The third-order valence-corrected chi connectivity index (χ3v) is 4.86. The van der Waals surface area contributed by atoms with E-state index in [0.717, 1.165) is 12.1 Å². The molecule has 1 rings (SSSR count). The second-order valence-electron chi connectivity index (χ2n) is 5.26. The van der Waals surface area contributed by atoms with Crippen molar-refractivity contribution in [2.75, 3.05) is 4.72 Å². The van der Waals surface area contributed by atoms with E-state index in [1.54, 1.807) is 20.8 Å². The fourth-order valence-corrected chi connectivity index (χ4v) is 4.11. The maximum absolute atomic E-state index is 11.9. The van der Waals surface area contributed by atoms with Crippen molar-refractivity contribution in [3.63, 3.8) is 0 Å². The Kier molecular flexibility index (Phi) is 5.19. The van der Waals surface area contributed by atoms with Gasteiger partial charge in [0.05, 0.1) is 20.6 Å². The van der Waals surface area contributed by atoms with Crippen LogP contribution in [0.25, 0.3) is 0 Å². The first kappa shape index (κ1) is 18.5. The first-order chi connectivity index (χ1) is 9.21. The second kappa shape index (κ2) is 5.90. The van der Waals surface area contributed by atoms with Crippen LogP contribution in [-0.4, -0.2) is 22.4 Å². The Hall–Kier alpha value is -0.580. The molecule has 0 saturated heterocycles. The van der Waals surface area contributed by atoms with E-state index >= 15 is 0 Å². The van der Waals surface area contributed by atoms with Gasteiger partial charge in [0.1, 0.15) is 0 Å². The van der Waals surface area contributed by atoms with Crippen LogP contribution in [-0.2, 0) is 20.2 Å². The lowest BCUT2D eigenvalue weighted by atomic mass is 10.1. The molecule has 4 N–H and O–H groups in total. The molecule has 0 amide bonds. The molecule has 1 aromatic carbocycles. The fourth-order valence-electron chi connectivity index (χ4n) is 1.37. The van der Waals surface area contributed by atoms with E-state index < -0.39 is 25.8 Å². The molecule has 0 radical (unpaired) electrons. The summed E-state index contributed by atoms with van der Waals surface area (Å²) in [6.45, 7) is 4.96. The van der Waals surface area contributed by atoms with E-state index in [4.69, 9.17) is 28.3 Å². The summed E-state index contributed by atoms with van der Waals surface area (Å²) in [6.07, 6.45) is 0. The van der Waals surface area contributed by atoms with Gasteiger partial charge >= 0.3 is 0 Å². The van der Waals surface area contributed by atoms with Crippen LogP contribution in [0, 0.1) is 0 Å². The van der Waals surface area contributed by atoms with Gasteiger partial charge in [-0.05, 0) is 32.9 Å². The third kappa shape index (κ3) is 5.61. The molecule has 0 aliphatic heterocycles. The molecule has 0 aromatic heterocycles. The van der Waals surface area contributed by atoms with Gasteiger partial charge in [0.2, 0.25) is 10.0 Å². The molecule has 0 aliphatic carbocycles. The number of halogens is 2. The zero-order valence-corrected chi connectivity index (χ0v) is 14.6. The summed E-state index contributed by atoms with van der Waals surface area (Å²) in [7, 11) is -7.93. The van der Waals surface area contributed by atoms with Crippen LogP contribution in [0.15, 0.2) is 17.0 Å². The van der Waals surface area contributed by atoms with Crippen LogP contribution < -0.4 is 14.6 Å². The number of nitrogens with one attached hydrogen (secondary N) is 2. The average molecular weight is 376 g/mol. The molecule has 21 heavy (non-hydrogen) atoms. The van der Waals surface area contributed by atoms with Gasteiger partial charge in [-0.25, -0.2) is 13.6 Å². The summed E-state index contributed by atoms with van der Waals surface area (Å²) in [5.41, 5.74) is -0.854. The van der Waals surface area contributed by atoms with Crippen LogP contribution in [0.5, 0.6) is 0 Å². The van der Waals surface area contributed by atoms with Crippen molar-refractivity contribution < 1.29 is 16.8 Å². The third-order valence-electron chi connectivity index (χ3n) is 2.02. The number of hydrogen-bond acceptors (Lipinski definition) is 4. The molecular formula is C10H15Cl2N3O4S2. The van der Waals surface area contributed by atoms with Crippen molar-refractivity contribution in [3.8, 4) is 0 Å². The minimum absolute atomic E-state index is 0.137. The minimum Gasteiger partial charge on any atom is -0.268 e. The predicted octanol–water partition coefficient (Wildman–Crippen LogP) is 1.69. The zero-order valence-electron chi connectivity index (χ0n) is 11.4. The van der Waals surface area contributed by atoms with E-state index in [0.29, 0.717) is 0 Å². The number of benzene rings is 1. The lowest BCUT2D eigenvalue weighted by Gasteiger charge is -2.21. The number of rotatable bonds is 4. The van der Waals surface area contributed by atoms with Crippen molar-refractivity contribution in [2.45, 2.75) is 31.2 Å². The van der Waals surface area contributed by atoms with Gasteiger partial charge in [-0.3, -0.25) is 4.72 Å². The van der Waals surface area contributed by atoms with Gasteiger partial charge in [0.15, 0.2) is 0 Å². The van der Waals surface area contributed by atoms with Crippen molar-refractivity contribution in [3.05, 3.63) is 22.2 Å². The minimum atomic E-state index is -4.00. The molecule has 0 atom stereocenters. The largest absolute Gasteiger partial charge is 0.299 e. The molecule has 0 aliphatic rings. The van der Waals surface area contributed by atoms with Crippen LogP contribution in [0.1, 0.15) is 20.8 Å². The molecule has 120 valence electrons. The van der Waals surface area contributed by atoms with Gasteiger partial charge in [0, 0.05) is 5.54 Å². The van der Waals surface area contributed by atoms with Crippen LogP contribution >= 0.6 is 23.2 Å². The highest BCUT2D eigenvalue weighted by Crippen LogP contribution is 2.33. The summed E-state index contributed by atoms with van der Waals surface area (Å²) in [4.78, 5) is -0.316. The van der Waals surface area contributed by atoms with Crippen molar-refractivity contribution in [2.24, 2.45) is 5.14 Å². The summed E-state index contributed by atoms with van der Waals surface area (Å²) in [5.74, 6) is 0. The van der Waals surface area contributed by atoms with Crippen LogP contribution in [0.2, 0.25) is 10.0 Å². The molecule has 0 saturated carbocycles. The van der Waals surface area contributed by atoms with Crippen LogP contribution in [0.4, 0.5) is 5.69 Å². The van der Waals surface area contributed by atoms with E-state index in [1.807, 2.05) is 0 Å². The van der Waals surface area contributed by atoms with E-state index in [-0.39, 0.29) is 20.6 Å². The van der Waals surface area contributed by atoms with Gasteiger partial charge in [-0.15, -0.1) is 0 Å². The molecule has 0 unspecified atom stereocenters. The highest BCUT2D eigenvalue weighted by molar-refractivity contribution is 7.90. The van der Waals surface area contributed by atoms with Gasteiger partial charge in [-0.2, -0.15) is 13.1 Å². The first-order valence-corrected chi connectivity index (χ1v) is 9.33. The molecular weight excluding hydrogens is 361 g/mol. The molecule has 0 spiro atoms.